The van der Waals surface area contributed by atoms with Crippen molar-refractivity contribution in [1.82, 2.24) is 5.32 Å². The third-order valence-corrected chi connectivity index (χ3v) is 4.03. The van der Waals surface area contributed by atoms with E-state index in [1.54, 1.807) is 18.2 Å². The molecule has 1 unspecified atom stereocenters. The first-order valence-electron chi connectivity index (χ1n) is 6.99. The molecule has 1 atom stereocenters. The van der Waals surface area contributed by atoms with E-state index >= 15 is 0 Å². The predicted octanol–water partition coefficient (Wildman–Crippen LogP) is 2.92. The molecule has 3 rings (SSSR count). The highest BCUT2D eigenvalue weighted by atomic mass is 16.3. The van der Waals surface area contributed by atoms with E-state index in [4.69, 9.17) is 0 Å². The molecule has 2 aromatic rings. The maximum Gasteiger partial charge on any atom is 0.124 e. The van der Waals surface area contributed by atoms with Gasteiger partial charge >= 0.3 is 0 Å². The lowest BCUT2D eigenvalue weighted by Gasteiger charge is -2.21. The van der Waals surface area contributed by atoms with E-state index in [0.717, 1.165) is 12.8 Å². The van der Waals surface area contributed by atoms with Crippen LogP contribution in [0.4, 0.5) is 0 Å². The average molecular weight is 269 g/mol. The Balaban J connectivity index is 1.74. The summed E-state index contributed by atoms with van der Waals surface area (Å²) in [7, 11) is 0. The molecule has 2 aromatic carbocycles. The highest BCUT2D eigenvalue weighted by Gasteiger charge is 2.24. The van der Waals surface area contributed by atoms with Gasteiger partial charge in [0.2, 0.25) is 0 Å². The lowest BCUT2D eigenvalue weighted by atomic mass is 10.0. The van der Waals surface area contributed by atoms with Crippen molar-refractivity contribution in [3.63, 3.8) is 0 Å². The van der Waals surface area contributed by atoms with Crippen molar-refractivity contribution < 1.29 is 10.2 Å². The van der Waals surface area contributed by atoms with Gasteiger partial charge in [0.25, 0.3) is 0 Å². The van der Waals surface area contributed by atoms with Gasteiger partial charge in [-0.15, -0.1) is 0 Å². The highest BCUT2D eigenvalue weighted by Crippen LogP contribution is 2.33. The molecule has 1 aliphatic rings. The van der Waals surface area contributed by atoms with Gasteiger partial charge in [-0.3, -0.25) is 0 Å². The molecule has 0 aromatic heterocycles. The molecule has 3 nitrogen and oxygen atoms in total. The first kappa shape index (κ1) is 13.0. The van der Waals surface area contributed by atoms with Crippen molar-refractivity contribution in [1.29, 1.82) is 0 Å². The lowest BCUT2D eigenvalue weighted by Crippen LogP contribution is -2.32. The third kappa shape index (κ3) is 2.37. The minimum atomic E-state index is -0.0875. The second-order valence-corrected chi connectivity index (χ2v) is 5.47. The van der Waals surface area contributed by atoms with Crippen LogP contribution in [0.25, 0.3) is 0 Å². The molecule has 0 fully saturated rings. The van der Waals surface area contributed by atoms with Crippen LogP contribution in [-0.2, 0) is 12.8 Å². The number of aromatic hydroxyl groups is 2. The number of nitrogens with one attached hydrogen (secondary N) is 1. The topological polar surface area (TPSA) is 52.5 Å². The Kier molecular flexibility index (Phi) is 3.36. The summed E-state index contributed by atoms with van der Waals surface area (Å²) in [6, 6.07) is 13.6. The summed E-state index contributed by atoms with van der Waals surface area (Å²) in [4.78, 5) is 0. The van der Waals surface area contributed by atoms with E-state index < -0.39 is 0 Å². The fraction of sp³-hybridized carbons (Fsp3) is 0.294. The second-order valence-electron chi connectivity index (χ2n) is 5.47. The fourth-order valence-electron chi connectivity index (χ4n) is 3.10. The van der Waals surface area contributed by atoms with Crippen molar-refractivity contribution in [2.24, 2.45) is 0 Å². The molecule has 1 aliphatic carbocycles. The molecular formula is C17H19NO2. The maximum atomic E-state index is 9.91. The number of phenols is 2. The number of fused-ring (bicyclic) bond motifs is 1. The van der Waals surface area contributed by atoms with Gasteiger partial charge in [-0.1, -0.05) is 30.3 Å². The van der Waals surface area contributed by atoms with Gasteiger partial charge in [0.1, 0.15) is 11.5 Å². The highest BCUT2D eigenvalue weighted by molar-refractivity contribution is 5.45. The fourth-order valence-corrected chi connectivity index (χ4v) is 3.10. The van der Waals surface area contributed by atoms with Crippen molar-refractivity contribution in [3.8, 4) is 11.5 Å². The van der Waals surface area contributed by atoms with Crippen LogP contribution in [0, 0.1) is 0 Å². The Labute approximate surface area is 118 Å². The van der Waals surface area contributed by atoms with E-state index in [0.29, 0.717) is 11.6 Å². The van der Waals surface area contributed by atoms with Gasteiger partial charge < -0.3 is 15.5 Å². The minimum absolute atomic E-state index is 0.0875. The van der Waals surface area contributed by atoms with E-state index in [1.165, 1.54) is 11.1 Å². The van der Waals surface area contributed by atoms with E-state index in [2.05, 4.69) is 29.6 Å². The van der Waals surface area contributed by atoms with E-state index in [1.807, 2.05) is 6.92 Å². The predicted molar refractivity (Wildman–Crippen MR) is 79.0 cm³/mol. The van der Waals surface area contributed by atoms with Gasteiger partial charge in [0.15, 0.2) is 0 Å². The van der Waals surface area contributed by atoms with Crippen molar-refractivity contribution >= 4 is 0 Å². The van der Waals surface area contributed by atoms with Crippen LogP contribution in [0.2, 0.25) is 0 Å². The molecule has 0 saturated heterocycles. The Morgan fingerprint density at radius 2 is 1.50 bits per heavy atom. The van der Waals surface area contributed by atoms with Crippen molar-refractivity contribution in [3.05, 3.63) is 59.2 Å². The monoisotopic (exact) mass is 269 g/mol. The van der Waals surface area contributed by atoms with Crippen LogP contribution in [0.15, 0.2) is 42.5 Å². The molecule has 3 N–H and O–H groups in total. The largest absolute Gasteiger partial charge is 0.507 e. The molecule has 0 radical (unpaired) electrons. The van der Waals surface area contributed by atoms with Gasteiger partial charge in [-0.25, -0.2) is 0 Å². The first-order valence-corrected chi connectivity index (χ1v) is 6.99. The van der Waals surface area contributed by atoms with E-state index in [-0.39, 0.29) is 17.5 Å². The van der Waals surface area contributed by atoms with Gasteiger partial charge in [0, 0.05) is 12.1 Å². The smallest absolute Gasteiger partial charge is 0.124 e. The Bertz CT molecular complexity index is 579. The van der Waals surface area contributed by atoms with Crippen LogP contribution in [0.1, 0.15) is 29.7 Å². The Morgan fingerprint density at radius 3 is 2.05 bits per heavy atom. The van der Waals surface area contributed by atoms with E-state index in [9.17, 15) is 10.2 Å². The molecule has 0 bridgehead atoms. The summed E-state index contributed by atoms with van der Waals surface area (Å²) >= 11 is 0. The molecule has 0 aliphatic heterocycles. The third-order valence-electron chi connectivity index (χ3n) is 4.03. The lowest BCUT2D eigenvalue weighted by molar-refractivity contribution is 0.401. The summed E-state index contributed by atoms with van der Waals surface area (Å²) in [5, 5.41) is 23.3. The summed E-state index contributed by atoms with van der Waals surface area (Å²) in [6.07, 6.45) is 1.99. The van der Waals surface area contributed by atoms with Crippen LogP contribution in [0.5, 0.6) is 11.5 Å². The summed E-state index contributed by atoms with van der Waals surface area (Å²) in [5.74, 6) is 0.279. The molecular weight excluding hydrogens is 250 g/mol. The molecule has 20 heavy (non-hydrogen) atoms. The number of phenolic OH excluding ortho intramolecular Hbond substituents is 2. The minimum Gasteiger partial charge on any atom is -0.507 e. The van der Waals surface area contributed by atoms with Crippen LogP contribution < -0.4 is 5.32 Å². The number of hydrogen-bond acceptors (Lipinski definition) is 3. The first-order chi connectivity index (χ1) is 9.65. The molecule has 0 heterocycles. The second kappa shape index (κ2) is 5.17. The standard InChI is InChI=1S/C17H19NO2/c1-11(17-15(19)7-4-8-16(17)20)18-14-9-12-5-2-3-6-13(12)10-14/h2-8,11,14,18-20H,9-10H2,1H3. The summed E-state index contributed by atoms with van der Waals surface area (Å²) in [6.45, 7) is 1.97. The molecule has 0 amide bonds. The van der Waals surface area contributed by atoms with Gasteiger partial charge in [-0.2, -0.15) is 0 Å². The average Bonchev–Trinajstić information content (AvgIpc) is 2.80. The normalized spacial score (nSPS) is 16.1. The summed E-state index contributed by atoms with van der Waals surface area (Å²) in [5.41, 5.74) is 3.35. The van der Waals surface area contributed by atoms with Crippen molar-refractivity contribution in [2.75, 3.05) is 0 Å². The van der Waals surface area contributed by atoms with Crippen LogP contribution in [0.3, 0.4) is 0 Å². The molecule has 0 spiro atoms. The Morgan fingerprint density at radius 1 is 0.950 bits per heavy atom. The van der Waals surface area contributed by atoms with Gasteiger partial charge in [0.05, 0.1) is 5.56 Å². The zero-order valence-electron chi connectivity index (χ0n) is 11.5. The quantitative estimate of drug-likeness (QED) is 0.803. The maximum absolute atomic E-state index is 9.91. The summed E-state index contributed by atoms with van der Waals surface area (Å²) < 4.78 is 0. The zero-order valence-corrected chi connectivity index (χ0v) is 11.5. The molecule has 3 heteroatoms. The molecule has 104 valence electrons. The Hall–Kier alpha value is -2.00. The molecule has 0 saturated carbocycles. The van der Waals surface area contributed by atoms with Crippen LogP contribution in [-0.4, -0.2) is 16.3 Å². The van der Waals surface area contributed by atoms with Crippen molar-refractivity contribution in [2.45, 2.75) is 31.8 Å². The zero-order chi connectivity index (χ0) is 14.1. The number of rotatable bonds is 3. The SMILES string of the molecule is CC(NC1Cc2ccccc2C1)c1c(O)cccc1O. The van der Waals surface area contributed by atoms with Crippen LogP contribution >= 0.6 is 0 Å². The number of benzene rings is 2. The van der Waals surface area contributed by atoms with Gasteiger partial charge in [-0.05, 0) is 43.0 Å². The number of hydrogen-bond donors (Lipinski definition) is 3.